The third-order valence-corrected chi connectivity index (χ3v) is 9.87. The number of nitrogens with zero attached hydrogens (tertiary/aromatic N) is 1. The van der Waals surface area contributed by atoms with Crippen LogP contribution in [0.3, 0.4) is 0 Å². The van der Waals surface area contributed by atoms with Crippen LogP contribution in [0, 0.1) is 0 Å². The van der Waals surface area contributed by atoms with Crippen LogP contribution in [0.5, 0.6) is 0 Å². The average molecular weight is 650 g/mol. The van der Waals surface area contributed by atoms with Gasteiger partial charge in [0.05, 0.1) is 19.4 Å². The Morgan fingerprint density at radius 1 is 0.420 bits per heavy atom. The molecule has 0 amide bonds. The number of para-hydroxylation sites is 1. The Labute approximate surface area is 308 Å². The number of rotatable bonds is 6. The molecule has 1 aliphatic rings. The van der Waals surface area contributed by atoms with E-state index in [1.54, 1.807) is 6.07 Å². The Balaban J connectivity index is 1.23. The first-order valence-corrected chi connectivity index (χ1v) is 16.6. The van der Waals surface area contributed by atoms with Crippen LogP contribution in [0.4, 0.5) is 17.1 Å². The maximum absolute atomic E-state index is 8.92. The molecule has 0 N–H and O–H groups in total. The fraction of sp³-hybridized carbons (Fsp3) is 0.0612. The highest BCUT2D eigenvalue weighted by Crippen LogP contribution is 2.51. The van der Waals surface area contributed by atoms with Gasteiger partial charge >= 0.3 is 0 Å². The van der Waals surface area contributed by atoms with E-state index >= 15 is 0 Å². The van der Waals surface area contributed by atoms with E-state index in [4.69, 9.17) is 13.7 Å². The molecular weight excluding hydrogens is 603 g/mol. The van der Waals surface area contributed by atoms with Crippen LogP contribution in [-0.2, 0) is 5.41 Å². The molecule has 9 rings (SSSR count). The van der Waals surface area contributed by atoms with E-state index in [-0.39, 0.29) is 52.8 Å². The lowest BCUT2D eigenvalue weighted by Crippen LogP contribution is -2.16. The third-order valence-electron chi connectivity index (χ3n) is 9.87. The van der Waals surface area contributed by atoms with Crippen LogP contribution >= 0.6 is 0 Å². The van der Waals surface area contributed by atoms with Crippen molar-refractivity contribution in [2.75, 3.05) is 4.90 Å². The summed E-state index contributed by atoms with van der Waals surface area (Å²) >= 11 is 0. The number of fused-ring (bicyclic) bond motifs is 4. The van der Waals surface area contributed by atoms with Gasteiger partial charge in [0.15, 0.2) is 0 Å². The van der Waals surface area contributed by atoms with E-state index < -0.39 is 24.2 Å². The summed E-state index contributed by atoms with van der Waals surface area (Å²) in [7, 11) is 0. The lowest BCUT2D eigenvalue weighted by Gasteiger charge is -2.30. The van der Waals surface area contributed by atoms with E-state index in [1.807, 2.05) is 78.9 Å². The average Bonchev–Trinajstić information content (AvgIpc) is 3.49. The van der Waals surface area contributed by atoms with E-state index in [1.165, 1.54) is 11.1 Å². The van der Waals surface area contributed by atoms with Crippen molar-refractivity contribution >= 4 is 27.8 Å². The van der Waals surface area contributed by atoms with Gasteiger partial charge in [-0.3, -0.25) is 0 Å². The zero-order valence-corrected chi connectivity index (χ0v) is 27.6. The summed E-state index contributed by atoms with van der Waals surface area (Å²) in [4.78, 5) is 2.07. The van der Waals surface area contributed by atoms with Gasteiger partial charge in [0.1, 0.15) is 0 Å². The largest absolute Gasteiger partial charge is 0.310 e. The molecule has 0 atom stereocenters. The molecule has 238 valence electrons. The van der Waals surface area contributed by atoms with Gasteiger partial charge in [-0.05, 0) is 91.2 Å². The summed E-state index contributed by atoms with van der Waals surface area (Å²) in [6, 6.07) is 38.0. The molecule has 0 fully saturated rings. The number of hydrogen-bond acceptors (Lipinski definition) is 1. The summed E-state index contributed by atoms with van der Waals surface area (Å²) in [5, 5.41) is 1.59. The second-order valence-electron chi connectivity index (χ2n) is 13.0. The molecule has 0 saturated carbocycles. The molecule has 0 bridgehead atoms. The Morgan fingerprint density at radius 2 is 0.920 bits per heavy atom. The van der Waals surface area contributed by atoms with Crippen LogP contribution in [0.15, 0.2) is 188 Å². The molecule has 8 aromatic rings. The molecule has 50 heavy (non-hydrogen) atoms. The highest BCUT2D eigenvalue weighted by molar-refractivity contribution is 6.05. The Hall–Kier alpha value is -6.18. The number of anilines is 3. The van der Waals surface area contributed by atoms with E-state index in [0.717, 1.165) is 44.4 Å². The standard InChI is InChI=1S/C49H37N/c1-49(2)46-23-13-11-22-44(46)45-30-29-38(33-47(45)49)50(48-24-14-12-19-41(48)35-17-7-4-8-18-35)37-27-25-36(26-28-37)40-32-31-39(34-15-5-3-6-16-34)42-20-9-10-21-43(40)42/h3-33H,1-2H3/i3D,4D,5D,6D,7D,8D,15D,16D,17D,18D. The highest BCUT2D eigenvalue weighted by Gasteiger charge is 2.35. The van der Waals surface area contributed by atoms with E-state index in [9.17, 15) is 0 Å². The molecule has 0 aliphatic heterocycles. The molecule has 1 heteroatoms. The molecule has 0 unspecified atom stereocenters. The van der Waals surface area contributed by atoms with Crippen molar-refractivity contribution in [2.45, 2.75) is 19.3 Å². The fourth-order valence-electron chi connectivity index (χ4n) is 7.47. The van der Waals surface area contributed by atoms with Crippen LogP contribution < -0.4 is 4.90 Å². The van der Waals surface area contributed by atoms with Crippen molar-refractivity contribution in [2.24, 2.45) is 0 Å². The van der Waals surface area contributed by atoms with Gasteiger partial charge in [0.25, 0.3) is 0 Å². The second-order valence-corrected chi connectivity index (χ2v) is 13.0. The van der Waals surface area contributed by atoms with Crippen LogP contribution in [0.25, 0.3) is 55.3 Å². The zero-order valence-electron chi connectivity index (χ0n) is 37.6. The first-order chi connectivity index (χ1) is 28.7. The van der Waals surface area contributed by atoms with E-state index in [0.29, 0.717) is 16.8 Å². The van der Waals surface area contributed by atoms with Gasteiger partial charge in [-0.15, -0.1) is 0 Å². The van der Waals surface area contributed by atoms with Crippen molar-refractivity contribution < 1.29 is 13.7 Å². The molecule has 8 aromatic carbocycles. The van der Waals surface area contributed by atoms with Crippen LogP contribution in [0.1, 0.15) is 38.7 Å². The van der Waals surface area contributed by atoms with Crippen molar-refractivity contribution in [3.05, 3.63) is 199 Å². The maximum Gasteiger partial charge on any atom is 0.0629 e. The lowest BCUT2D eigenvalue weighted by atomic mass is 9.82. The SMILES string of the molecule is [2H]c1c([2H])c([2H])c(-c2ccccc2N(c2ccc(-c3ccc(-c4c([2H])c([2H])c([2H])c([2H])c4[2H])c4ccccc34)cc2)c2ccc3c(c2)C(C)(C)c2ccccc2-3)c([2H])c1[2H]. The van der Waals surface area contributed by atoms with Crippen molar-refractivity contribution in [1.29, 1.82) is 0 Å². The summed E-state index contributed by atoms with van der Waals surface area (Å²) < 4.78 is 85.1. The fourth-order valence-corrected chi connectivity index (χ4v) is 7.47. The molecule has 0 radical (unpaired) electrons. The van der Waals surface area contributed by atoms with Gasteiger partial charge in [0, 0.05) is 22.4 Å². The summed E-state index contributed by atoms with van der Waals surface area (Å²) in [6.07, 6.45) is 0. The first kappa shape index (κ1) is 21.0. The molecule has 0 spiro atoms. The topological polar surface area (TPSA) is 3.24 Å². The third kappa shape index (κ3) is 4.94. The van der Waals surface area contributed by atoms with Gasteiger partial charge in [-0.2, -0.15) is 0 Å². The minimum absolute atomic E-state index is 0.109. The summed E-state index contributed by atoms with van der Waals surface area (Å²) in [5.74, 6) is 0. The molecule has 0 heterocycles. The van der Waals surface area contributed by atoms with Crippen LogP contribution in [0.2, 0.25) is 0 Å². The molecule has 0 aromatic heterocycles. The smallest absolute Gasteiger partial charge is 0.0629 e. The maximum atomic E-state index is 8.92. The predicted molar refractivity (Wildman–Crippen MR) is 213 cm³/mol. The molecular formula is C49H37N. The van der Waals surface area contributed by atoms with Crippen LogP contribution in [-0.4, -0.2) is 0 Å². The van der Waals surface area contributed by atoms with Gasteiger partial charge in [-0.1, -0.05) is 171 Å². The molecule has 0 saturated heterocycles. The number of hydrogen-bond donors (Lipinski definition) is 0. The van der Waals surface area contributed by atoms with Crippen molar-refractivity contribution in [1.82, 2.24) is 0 Å². The molecule has 1 aliphatic carbocycles. The number of benzene rings is 8. The minimum atomic E-state index is -0.451. The Bertz CT molecular complexity index is 3020. The zero-order chi connectivity index (χ0) is 42.4. The summed E-state index contributed by atoms with van der Waals surface area (Å²) in [6.45, 7) is 4.43. The normalized spacial score (nSPS) is 15.6. The van der Waals surface area contributed by atoms with Crippen molar-refractivity contribution in [3.8, 4) is 44.5 Å². The highest BCUT2D eigenvalue weighted by atomic mass is 15.1. The Kier molecular flexibility index (Phi) is 5.07. The quantitative estimate of drug-likeness (QED) is 0.173. The minimum Gasteiger partial charge on any atom is -0.310 e. The first-order valence-electron chi connectivity index (χ1n) is 21.6. The van der Waals surface area contributed by atoms with E-state index in [2.05, 4.69) is 61.2 Å². The predicted octanol–water partition coefficient (Wildman–Crippen LogP) is 13.6. The van der Waals surface area contributed by atoms with Gasteiger partial charge < -0.3 is 4.90 Å². The monoisotopic (exact) mass is 649 g/mol. The summed E-state index contributed by atoms with van der Waals surface area (Å²) in [5.41, 5.74) is 9.69. The van der Waals surface area contributed by atoms with Crippen molar-refractivity contribution in [3.63, 3.8) is 0 Å². The van der Waals surface area contributed by atoms with Gasteiger partial charge in [-0.25, -0.2) is 0 Å². The lowest BCUT2D eigenvalue weighted by molar-refractivity contribution is 0.660. The van der Waals surface area contributed by atoms with Gasteiger partial charge in [0.2, 0.25) is 0 Å². The second kappa shape index (κ2) is 12.1. The Morgan fingerprint density at radius 3 is 1.60 bits per heavy atom. The molecule has 1 nitrogen and oxygen atoms in total.